The van der Waals surface area contributed by atoms with E-state index in [1.54, 1.807) is 0 Å². The van der Waals surface area contributed by atoms with E-state index in [1.165, 1.54) is 6.20 Å². The molecule has 0 bridgehead atoms. The summed E-state index contributed by atoms with van der Waals surface area (Å²) in [5.41, 5.74) is -0.566. The molecule has 1 N–H and O–H groups in total. The van der Waals surface area contributed by atoms with Crippen molar-refractivity contribution in [3.63, 3.8) is 0 Å². The SMILES string of the molecule is CCOC1(c2ncc(C#N)c(=O)[nH]2)CCC(C)(C)CC1. The molecule has 0 radical (unpaired) electrons. The normalized spacial score (nSPS) is 20.3. The molecule has 0 spiro atoms. The quantitative estimate of drug-likeness (QED) is 0.919. The zero-order valence-corrected chi connectivity index (χ0v) is 12.3. The molecular weight excluding hydrogens is 254 g/mol. The van der Waals surface area contributed by atoms with E-state index in [0.717, 1.165) is 25.7 Å². The summed E-state index contributed by atoms with van der Waals surface area (Å²) in [5, 5.41) is 8.81. The molecule has 1 aromatic rings. The molecule has 20 heavy (non-hydrogen) atoms. The Morgan fingerprint density at radius 2 is 2.05 bits per heavy atom. The minimum absolute atomic E-state index is 0.0385. The molecule has 0 atom stereocenters. The van der Waals surface area contributed by atoms with Gasteiger partial charge in [-0.25, -0.2) is 4.98 Å². The monoisotopic (exact) mass is 275 g/mol. The Labute approximate surface area is 119 Å². The second-order valence-electron chi connectivity index (χ2n) is 6.18. The van der Waals surface area contributed by atoms with E-state index in [4.69, 9.17) is 10.00 Å². The fourth-order valence-electron chi connectivity index (χ4n) is 2.76. The van der Waals surface area contributed by atoms with Gasteiger partial charge in [-0.05, 0) is 38.0 Å². The average molecular weight is 275 g/mol. The van der Waals surface area contributed by atoms with Crippen molar-refractivity contribution >= 4 is 0 Å². The third-order valence-electron chi connectivity index (χ3n) is 4.18. The Kier molecular flexibility index (Phi) is 3.96. The van der Waals surface area contributed by atoms with E-state index >= 15 is 0 Å². The van der Waals surface area contributed by atoms with Gasteiger partial charge in [0.15, 0.2) is 0 Å². The molecule has 0 unspecified atom stereocenters. The number of hydrogen-bond donors (Lipinski definition) is 1. The molecule has 0 amide bonds. The maximum Gasteiger partial charge on any atom is 0.268 e. The summed E-state index contributed by atoms with van der Waals surface area (Å²) in [6.07, 6.45) is 5.06. The van der Waals surface area contributed by atoms with Crippen molar-refractivity contribution in [2.45, 2.75) is 52.1 Å². The fraction of sp³-hybridized carbons (Fsp3) is 0.667. The Bertz CT molecular complexity index is 574. The summed E-state index contributed by atoms with van der Waals surface area (Å²) in [4.78, 5) is 18.8. The minimum Gasteiger partial charge on any atom is -0.367 e. The van der Waals surface area contributed by atoms with Crippen LogP contribution in [0.25, 0.3) is 0 Å². The molecular formula is C15H21N3O2. The number of nitriles is 1. The van der Waals surface area contributed by atoms with E-state index in [0.29, 0.717) is 17.8 Å². The molecule has 0 saturated heterocycles. The fourth-order valence-corrected chi connectivity index (χ4v) is 2.76. The molecule has 1 heterocycles. The lowest BCUT2D eigenvalue weighted by atomic mass is 9.70. The molecule has 0 aromatic carbocycles. The largest absolute Gasteiger partial charge is 0.367 e. The van der Waals surface area contributed by atoms with Crippen LogP contribution < -0.4 is 5.56 Å². The highest BCUT2D eigenvalue weighted by atomic mass is 16.5. The van der Waals surface area contributed by atoms with E-state index in [1.807, 2.05) is 13.0 Å². The van der Waals surface area contributed by atoms with Crippen LogP contribution in [-0.4, -0.2) is 16.6 Å². The van der Waals surface area contributed by atoms with E-state index < -0.39 is 5.60 Å². The number of ether oxygens (including phenoxy) is 1. The van der Waals surface area contributed by atoms with Crippen molar-refractivity contribution in [3.8, 4) is 6.07 Å². The first-order valence-corrected chi connectivity index (χ1v) is 7.06. The van der Waals surface area contributed by atoms with Crippen LogP contribution in [0, 0.1) is 16.7 Å². The number of nitrogens with zero attached hydrogens (tertiary/aromatic N) is 2. The molecule has 1 aliphatic rings. The molecule has 5 heteroatoms. The first kappa shape index (κ1) is 14.7. The van der Waals surface area contributed by atoms with E-state index in [9.17, 15) is 4.79 Å². The van der Waals surface area contributed by atoms with Crippen molar-refractivity contribution in [1.29, 1.82) is 5.26 Å². The number of nitrogens with one attached hydrogen (secondary N) is 1. The lowest BCUT2D eigenvalue weighted by molar-refractivity contribution is -0.0949. The van der Waals surface area contributed by atoms with Gasteiger partial charge in [0.25, 0.3) is 5.56 Å². The first-order chi connectivity index (χ1) is 9.42. The third kappa shape index (κ3) is 2.75. The zero-order valence-electron chi connectivity index (χ0n) is 12.3. The number of H-pyrrole nitrogens is 1. The Morgan fingerprint density at radius 1 is 1.40 bits per heavy atom. The van der Waals surface area contributed by atoms with E-state index in [2.05, 4.69) is 23.8 Å². The molecule has 5 nitrogen and oxygen atoms in total. The summed E-state index contributed by atoms with van der Waals surface area (Å²) in [7, 11) is 0. The molecule has 1 saturated carbocycles. The van der Waals surface area contributed by atoms with Crippen LogP contribution in [-0.2, 0) is 10.3 Å². The van der Waals surface area contributed by atoms with Gasteiger partial charge in [-0.15, -0.1) is 0 Å². The van der Waals surface area contributed by atoms with Crippen molar-refractivity contribution < 1.29 is 4.74 Å². The standard InChI is InChI=1S/C15H21N3O2/c1-4-20-15(7-5-14(2,3)6-8-15)13-17-10-11(9-16)12(19)18-13/h10H,4-8H2,1-3H3,(H,17,18,19). The van der Waals surface area contributed by atoms with Crippen molar-refractivity contribution in [1.82, 2.24) is 9.97 Å². The van der Waals surface area contributed by atoms with Gasteiger partial charge >= 0.3 is 0 Å². The van der Waals surface area contributed by atoms with Crippen LogP contribution in [0.15, 0.2) is 11.0 Å². The number of aromatic amines is 1. The first-order valence-electron chi connectivity index (χ1n) is 7.06. The van der Waals surface area contributed by atoms with Crippen molar-refractivity contribution in [3.05, 3.63) is 27.9 Å². The van der Waals surface area contributed by atoms with Crippen LogP contribution in [0.2, 0.25) is 0 Å². The predicted octanol–water partition coefficient (Wildman–Crippen LogP) is 2.47. The highest BCUT2D eigenvalue weighted by Gasteiger charge is 2.42. The Morgan fingerprint density at radius 3 is 2.55 bits per heavy atom. The second kappa shape index (κ2) is 5.37. The molecule has 1 aromatic heterocycles. The maximum absolute atomic E-state index is 11.8. The third-order valence-corrected chi connectivity index (χ3v) is 4.18. The van der Waals surface area contributed by atoms with Gasteiger partial charge < -0.3 is 9.72 Å². The van der Waals surface area contributed by atoms with Crippen LogP contribution in [0.4, 0.5) is 0 Å². The van der Waals surface area contributed by atoms with Gasteiger partial charge in [0.05, 0.1) is 6.20 Å². The summed E-state index contributed by atoms with van der Waals surface area (Å²) in [5.74, 6) is 0.554. The summed E-state index contributed by atoms with van der Waals surface area (Å²) in [6.45, 7) is 7.02. The lowest BCUT2D eigenvalue weighted by Crippen LogP contribution is -2.40. The number of rotatable bonds is 3. The average Bonchev–Trinajstić information content (AvgIpc) is 2.42. The van der Waals surface area contributed by atoms with Gasteiger partial charge in [0.2, 0.25) is 0 Å². The van der Waals surface area contributed by atoms with Crippen LogP contribution >= 0.6 is 0 Å². The lowest BCUT2D eigenvalue weighted by Gasteiger charge is -2.42. The van der Waals surface area contributed by atoms with E-state index in [-0.39, 0.29) is 11.1 Å². The van der Waals surface area contributed by atoms with Crippen LogP contribution in [0.3, 0.4) is 0 Å². The predicted molar refractivity (Wildman–Crippen MR) is 75.1 cm³/mol. The zero-order chi connectivity index (χ0) is 14.8. The summed E-state index contributed by atoms with van der Waals surface area (Å²) >= 11 is 0. The minimum atomic E-state index is -0.516. The molecule has 1 fully saturated rings. The molecule has 108 valence electrons. The molecule has 1 aliphatic carbocycles. The van der Waals surface area contributed by atoms with Gasteiger partial charge in [0.1, 0.15) is 23.1 Å². The smallest absolute Gasteiger partial charge is 0.268 e. The molecule has 2 rings (SSSR count). The van der Waals surface area contributed by atoms with Gasteiger partial charge in [0, 0.05) is 6.61 Å². The Balaban J connectivity index is 2.37. The molecule has 0 aliphatic heterocycles. The topological polar surface area (TPSA) is 78.8 Å². The van der Waals surface area contributed by atoms with Gasteiger partial charge in [-0.2, -0.15) is 5.26 Å². The summed E-state index contributed by atoms with van der Waals surface area (Å²) < 4.78 is 5.96. The van der Waals surface area contributed by atoms with Crippen LogP contribution in [0.5, 0.6) is 0 Å². The number of aromatic nitrogens is 2. The maximum atomic E-state index is 11.8. The second-order valence-corrected chi connectivity index (χ2v) is 6.18. The highest BCUT2D eigenvalue weighted by molar-refractivity contribution is 5.23. The highest BCUT2D eigenvalue weighted by Crippen LogP contribution is 2.46. The van der Waals surface area contributed by atoms with Crippen LogP contribution in [0.1, 0.15) is 57.8 Å². The summed E-state index contributed by atoms with van der Waals surface area (Å²) in [6, 6.07) is 1.84. The van der Waals surface area contributed by atoms with Crippen molar-refractivity contribution in [2.75, 3.05) is 6.61 Å². The number of hydrogen-bond acceptors (Lipinski definition) is 4. The van der Waals surface area contributed by atoms with Gasteiger partial charge in [-0.3, -0.25) is 4.79 Å². The van der Waals surface area contributed by atoms with Gasteiger partial charge in [-0.1, -0.05) is 13.8 Å². The van der Waals surface area contributed by atoms with Crippen molar-refractivity contribution in [2.24, 2.45) is 5.41 Å². The Hall–Kier alpha value is -1.67.